The zero-order valence-corrected chi connectivity index (χ0v) is 15.6. The van der Waals surface area contributed by atoms with E-state index in [0.717, 1.165) is 5.69 Å². The zero-order valence-electron chi connectivity index (χ0n) is 14.8. The maximum atomic E-state index is 12.2. The predicted octanol–water partition coefficient (Wildman–Crippen LogP) is 2.84. The lowest BCUT2D eigenvalue weighted by Crippen LogP contribution is -2.50. The molecule has 0 bridgehead atoms. The SMILES string of the molecule is Cn1c(=O)oc2c(N3CCN(C(=O)OC(C)(C)C)CC3)cc(Cl)cc21. The van der Waals surface area contributed by atoms with Gasteiger partial charge in [-0.25, -0.2) is 9.59 Å². The third kappa shape index (κ3) is 3.61. The second-order valence-corrected chi connectivity index (χ2v) is 7.59. The summed E-state index contributed by atoms with van der Waals surface area (Å²) in [6.07, 6.45) is -0.311. The molecule has 136 valence electrons. The van der Waals surface area contributed by atoms with Crippen molar-refractivity contribution in [2.75, 3.05) is 31.1 Å². The highest BCUT2D eigenvalue weighted by Crippen LogP contribution is 2.31. The fourth-order valence-corrected chi connectivity index (χ4v) is 3.07. The summed E-state index contributed by atoms with van der Waals surface area (Å²) in [6, 6.07) is 3.50. The van der Waals surface area contributed by atoms with Crippen LogP contribution >= 0.6 is 11.6 Å². The molecule has 0 spiro atoms. The van der Waals surface area contributed by atoms with Crippen LogP contribution < -0.4 is 10.7 Å². The molecule has 2 heterocycles. The average molecular weight is 368 g/mol. The Hall–Kier alpha value is -2.15. The fraction of sp³-hybridized carbons (Fsp3) is 0.529. The Bertz CT molecular complexity index is 857. The Morgan fingerprint density at radius 2 is 1.84 bits per heavy atom. The third-order valence-electron chi connectivity index (χ3n) is 4.11. The number of aromatic nitrogens is 1. The molecule has 0 saturated carbocycles. The summed E-state index contributed by atoms with van der Waals surface area (Å²) in [6.45, 7) is 7.81. The van der Waals surface area contributed by atoms with E-state index in [1.807, 2.05) is 20.8 Å². The Morgan fingerprint density at radius 3 is 2.44 bits per heavy atom. The Balaban J connectivity index is 1.80. The first-order chi connectivity index (χ1) is 11.7. The highest BCUT2D eigenvalue weighted by atomic mass is 35.5. The average Bonchev–Trinajstić information content (AvgIpc) is 2.81. The Kier molecular flexibility index (Phi) is 4.45. The topological polar surface area (TPSA) is 67.9 Å². The van der Waals surface area contributed by atoms with E-state index in [-0.39, 0.29) is 6.09 Å². The van der Waals surface area contributed by atoms with E-state index < -0.39 is 11.4 Å². The molecule has 8 heteroatoms. The van der Waals surface area contributed by atoms with E-state index in [4.69, 9.17) is 20.8 Å². The highest BCUT2D eigenvalue weighted by molar-refractivity contribution is 6.31. The number of hydrogen-bond donors (Lipinski definition) is 0. The van der Waals surface area contributed by atoms with E-state index in [0.29, 0.717) is 42.3 Å². The van der Waals surface area contributed by atoms with Gasteiger partial charge in [-0.15, -0.1) is 0 Å². The molecule has 3 rings (SSSR count). The van der Waals surface area contributed by atoms with Crippen LogP contribution in [0, 0.1) is 0 Å². The van der Waals surface area contributed by atoms with Crippen LogP contribution in [0.2, 0.25) is 5.02 Å². The summed E-state index contributed by atoms with van der Waals surface area (Å²) in [4.78, 5) is 27.7. The number of oxazole rings is 1. The van der Waals surface area contributed by atoms with E-state index in [1.165, 1.54) is 4.57 Å². The number of carbonyl (C=O) groups is 1. The molecule has 0 unspecified atom stereocenters. The molecule has 1 aliphatic heterocycles. The minimum atomic E-state index is -0.513. The summed E-state index contributed by atoms with van der Waals surface area (Å²) in [5.41, 5.74) is 1.43. The summed E-state index contributed by atoms with van der Waals surface area (Å²) < 4.78 is 12.2. The molecule has 1 aromatic carbocycles. The van der Waals surface area contributed by atoms with Crippen molar-refractivity contribution < 1.29 is 13.9 Å². The molecule has 1 fully saturated rings. The number of hydrogen-bond acceptors (Lipinski definition) is 5. The van der Waals surface area contributed by atoms with Crippen molar-refractivity contribution in [2.45, 2.75) is 26.4 Å². The zero-order chi connectivity index (χ0) is 18.4. The lowest BCUT2D eigenvalue weighted by atomic mass is 10.2. The maximum absolute atomic E-state index is 12.2. The van der Waals surface area contributed by atoms with Gasteiger partial charge in [0.2, 0.25) is 0 Å². The first-order valence-electron chi connectivity index (χ1n) is 8.17. The third-order valence-corrected chi connectivity index (χ3v) is 4.33. The van der Waals surface area contributed by atoms with Crippen LogP contribution in [0.4, 0.5) is 10.5 Å². The lowest BCUT2D eigenvalue weighted by Gasteiger charge is -2.36. The van der Waals surface area contributed by atoms with Crippen LogP contribution in [0.5, 0.6) is 0 Å². The van der Waals surface area contributed by atoms with Crippen molar-refractivity contribution in [2.24, 2.45) is 7.05 Å². The van der Waals surface area contributed by atoms with Gasteiger partial charge in [-0.1, -0.05) is 11.6 Å². The summed E-state index contributed by atoms with van der Waals surface area (Å²) >= 11 is 6.21. The normalized spacial score (nSPS) is 15.7. The fourth-order valence-electron chi connectivity index (χ4n) is 2.86. The van der Waals surface area contributed by atoms with Crippen LogP contribution in [0.15, 0.2) is 21.3 Å². The summed E-state index contributed by atoms with van der Waals surface area (Å²) in [5.74, 6) is -0.425. The van der Waals surface area contributed by atoms with Gasteiger partial charge in [-0.3, -0.25) is 4.57 Å². The van der Waals surface area contributed by atoms with Crippen molar-refractivity contribution >= 4 is 34.5 Å². The molecular formula is C17H22ClN3O4. The lowest BCUT2D eigenvalue weighted by molar-refractivity contribution is 0.0240. The quantitative estimate of drug-likeness (QED) is 0.775. The molecule has 0 aliphatic carbocycles. The predicted molar refractivity (Wildman–Crippen MR) is 96.5 cm³/mol. The van der Waals surface area contributed by atoms with Crippen molar-refractivity contribution in [1.29, 1.82) is 0 Å². The van der Waals surface area contributed by atoms with Crippen molar-refractivity contribution in [3.05, 3.63) is 27.7 Å². The van der Waals surface area contributed by atoms with Gasteiger partial charge in [0.05, 0.1) is 11.2 Å². The number of piperazine rings is 1. The number of amides is 1. The molecule has 1 saturated heterocycles. The number of fused-ring (bicyclic) bond motifs is 1. The van der Waals surface area contributed by atoms with Crippen LogP contribution in [0.1, 0.15) is 20.8 Å². The van der Waals surface area contributed by atoms with Crippen LogP contribution in [-0.4, -0.2) is 47.3 Å². The number of nitrogens with zero attached hydrogens (tertiary/aromatic N) is 3. The first kappa shape index (κ1) is 17.7. The van der Waals surface area contributed by atoms with Crippen LogP contribution in [0.25, 0.3) is 11.1 Å². The standard InChI is InChI=1S/C17H22ClN3O4/c1-17(2,3)25-16(23)21-7-5-20(6-8-21)13-10-11(18)9-12-14(13)24-15(22)19(12)4/h9-10H,5-8H2,1-4H3. The van der Waals surface area contributed by atoms with E-state index >= 15 is 0 Å². The molecule has 7 nitrogen and oxygen atoms in total. The monoisotopic (exact) mass is 367 g/mol. The molecule has 2 aromatic rings. The minimum absolute atomic E-state index is 0.311. The number of benzene rings is 1. The molecule has 25 heavy (non-hydrogen) atoms. The largest absolute Gasteiger partial charge is 0.444 e. The molecule has 1 aromatic heterocycles. The summed E-state index contributed by atoms with van der Waals surface area (Å²) in [7, 11) is 1.65. The second kappa shape index (κ2) is 6.29. The van der Waals surface area contributed by atoms with Crippen LogP contribution in [0.3, 0.4) is 0 Å². The number of halogens is 1. The molecule has 1 amide bonds. The van der Waals surface area contributed by atoms with Crippen molar-refractivity contribution in [3.63, 3.8) is 0 Å². The maximum Gasteiger partial charge on any atom is 0.419 e. The van der Waals surface area contributed by atoms with Gasteiger partial charge in [-0.2, -0.15) is 0 Å². The Labute approximate surface area is 150 Å². The van der Waals surface area contributed by atoms with Gasteiger partial charge >= 0.3 is 11.8 Å². The van der Waals surface area contributed by atoms with E-state index in [2.05, 4.69) is 4.90 Å². The van der Waals surface area contributed by atoms with E-state index in [9.17, 15) is 9.59 Å². The summed E-state index contributed by atoms with van der Waals surface area (Å²) in [5, 5.41) is 0.536. The molecular weight excluding hydrogens is 346 g/mol. The molecule has 1 aliphatic rings. The van der Waals surface area contributed by atoms with Gasteiger partial charge in [0.25, 0.3) is 0 Å². The highest BCUT2D eigenvalue weighted by Gasteiger charge is 2.27. The number of anilines is 1. The molecule has 0 atom stereocenters. The van der Waals surface area contributed by atoms with Crippen molar-refractivity contribution in [3.8, 4) is 0 Å². The van der Waals surface area contributed by atoms with E-state index in [1.54, 1.807) is 24.1 Å². The molecule has 0 N–H and O–H groups in total. The number of carbonyl (C=O) groups excluding carboxylic acids is 1. The second-order valence-electron chi connectivity index (χ2n) is 7.15. The number of rotatable bonds is 1. The van der Waals surface area contributed by atoms with Gasteiger partial charge in [0, 0.05) is 38.2 Å². The Morgan fingerprint density at radius 1 is 1.20 bits per heavy atom. The van der Waals surface area contributed by atoms with Gasteiger partial charge in [0.1, 0.15) is 5.60 Å². The van der Waals surface area contributed by atoms with Crippen molar-refractivity contribution in [1.82, 2.24) is 9.47 Å². The van der Waals surface area contributed by atoms with Gasteiger partial charge in [0.15, 0.2) is 5.58 Å². The smallest absolute Gasteiger partial charge is 0.419 e. The van der Waals surface area contributed by atoms with Gasteiger partial charge in [-0.05, 0) is 32.9 Å². The van der Waals surface area contributed by atoms with Gasteiger partial charge < -0.3 is 19.0 Å². The first-order valence-corrected chi connectivity index (χ1v) is 8.55. The molecule has 0 radical (unpaired) electrons. The van der Waals surface area contributed by atoms with Crippen LogP contribution in [-0.2, 0) is 11.8 Å². The number of aryl methyl sites for hydroxylation is 1. The minimum Gasteiger partial charge on any atom is -0.444 e. The number of ether oxygens (including phenoxy) is 1.